The summed E-state index contributed by atoms with van der Waals surface area (Å²) in [5, 5.41) is 10.9. The number of ketones is 1. The molecule has 0 aliphatic rings. The maximum absolute atomic E-state index is 12.4. The monoisotopic (exact) mass is 294 g/mol. The maximum Gasteiger partial charge on any atom is 0.387 e. The van der Waals surface area contributed by atoms with Crippen molar-refractivity contribution in [3.05, 3.63) is 64.0 Å². The first kappa shape index (κ1) is 14.5. The van der Waals surface area contributed by atoms with E-state index in [4.69, 9.17) is 0 Å². The van der Waals surface area contributed by atoms with Gasteiger partial charge in [0.2, 0.25) is 5.75 Å². The molecule has 1 heterocycles. The summed E-state index contributed by atoms with van der Waals surface area (Å²) >= 11 is 0. The maximum atomic E-state index is 12.4. The van der Waals surface area contributed by atoms with Gasteiger partial charge in [0.1, 0.15) is 0 Å². The Kier molecular flexibility index (Phi) is 4.17. The lowest BCUT2D eigenvalue weighted by Crippen LogP contribution is -2.11. The van der Waals surface area contributed by atoms with Crippen LogP contribution in [-0.4, -0.2) is 22.3 Å². The molecule has 6 nitrogen and oxygen atoms in total. The smallest absolute Gasteiger partial charge is 0.387 e. The van der Waals surface area contributed by atoms with E-state index in [1.165, 1.54) is 36.7 Å². The molecule has 0 amide bonds. The van der Waals surface area contributed by atoms with Crippen molar-refractivity contribution in [1.82, 2.24) is 4.98 Å². The molecule has 2 aromatic rings. The van der Waals surface area contributed by atoms with E-state index in [0.717, 1.165) is 6.07 Å². The van der Waals surface area contributed by atoms with Crippen molar-refractivity contribution < 1.29 is 23.2 Å². The Morgan fingerprint density at radius 3 is 2.62 bits per heavy atom. The standard InChI is InChI=1S/C13H8F2N2O4/c14-13(15)21-12-9(4-1-5-10(12)17(19)20)11(18)8-3-2-6-16-7-8/h1-7,13H. The Hall–Kier alpha value is -2.90. The Morgan fingerprint density at radius 2 is 2.05 bits per heavy atom. The molecule has 0 radical (unpaired) electrons. The van der Waals surface area contributed by atoms with Crippen LogP contribution < -0.4 is 4.74 Å². The fourth-order valence-electron chi connectivity index (χ4n) is 1.71. The van der Waals surface area contributed by atoms with E-state index < -0.39 is 28.8 Å². The van der Waals surface area contributed by atoms with E-state index in [1.54, 1.807) is 0 Å². The van der Waals surface area contributed by atoms with Gasteiger partial charge in [-0.1, -0.05) is 6.07 Å². The number of nitro benzene ring substituents is 1. The minimum Gasteiger partial charge on any atom is -0.427 e. The molecule has 0 unspecified atom stereocenters. The Labute approximate surface area is 117 Å². The van der Waals surface area contributed by atoms with Crippen LogP contribution >= 0.6 is 0 Å². The van der Waals surface area contributed by atoms with Crippen LogP contribution in [0, 0.1) is 10.1 Å². The number of ether oxygens (including phenoxy) is 1. The van der Waals surface area contributed by atoms with Crippen molar-refractivity contribution >= 4 is 11.5 Å². The molecule has 0 bridgehead atoms. The second-order valence-corrected chi connectivity index (χ2v) is 3.86. The van der Waals surface area contributed by atoms with Gasteiger partial charge in [-0.15, -0.1) is 0 Å². The lowest BCUT2D eigenvalue weighted by atomic mass is 10.0. The predicted molar refractivity (Wildman–Crippen MR) is 67.4 cm³/mol. The van der Waals surface area contributed by atoms with E-state index in [1.807, 2.05) is 0 Å². The summed E-state index contributed by atoms with van der Waals surface area (Å²) in [6, 6.07) is 6.29. The van der Waals surface area contributed by atoms with Crippen molar-refractivity contribution in [2.45, 2.75) is 6.61 Å². The van der Waals surface area contributed by atoms with Gasteiger partial charge < -0.3 is 4.74 Å². The number of para-hydroxylation sites is 1. The number of hydrogen-bond acceptors (Lipinski definition) is 5. The first-order valence-corrected chi connectivity index (χ1v) is 5.67. The van der Waals surface area contributed by atoms with Crippen LogP contribution in [0.15, 0.2) is 42.7 Å². The highest BCUT2D eigenvalue weighted by molar-refractivity contribution is 6.11. The lowest BCUT2D eigenvalue weighted by molar-refractivity contribution is -0.386. The van der Waals surface area contributed by atoms with Crippen LogP contribution in [0.4, 0.5) is 14.5 Å². The van der Waals surface area contributed by atoms with Gasteiger partial charge in [0.25, 0.3) is 0 Å². The van der Waals surface area contributed by atoms with Crippen molar-refractivity contribution in [1.29, 1.82) is 0 Å². The molecule has 8 heteroatoms. The fourth-order valence-corrected chi connectivity index (χ4v) is 1.71. The number of aromatic nitrogens is 1. The number of benzene rings is 1. The highest BCUT2D eigenvalue weighted by Gasteiger charge is 2.26. The van der Waals surface area contributed by atoms with Crippen LogP contribution in [-0.2, 0) is 0 Å². The summed E-state index contributed by atoms with van der Waals surface area (Å²) < 4.78 is 29.0. The lowest BCUT2D eigenvalue weighted by Gasteiger charge is -2.10. The quantitative estimate of drug-likeness (QED) is 0.481. The second-order valence-electron chi connectivity index (χ2n) is 3.86. The van der Waals surface area contributed by atoms with Crippen LogP contribution in [0.3, 0.4) is 0 Å². The Bertz CT molecular complexity index is 677. The summed E-state index contributed by atoms with van der Waals surface area (Å²) in [6.45, 7) is -3.29. The van der Waals surface area contributed by atoms with Gasteiger partial charge in [-0.25, -0.2) is 0 Å². The zero-order chi connectivity index (χ0) is 15.4. The highest BCUT2D eigenvalue weighted by Crippen LogP contribution is 2.33. The number of alkyl halides is 2. The van der Waals surface area contributed by atoms with E-state index in [0.29, 0.717) is 0 Å². The van der Waals surface area contributed by atoms with Crippen molar-refractivity contribution in [2.24, 2.45) is 0 Å². The molecule has 0 N–H and O–H groups in total. The van der Waals surface area contributed by atoms with Gasteiger partial charge in [-0.05, 0) is 18.2 Å². The number of nitrogens with zero attached hydrogens (tertiary/aromatic N) is 2. The number of rotatable bonds is 5. The van der Waals surface area contributed by atoms with E-state index in [9.17, 15) is 23.7 Å². The Balaban J connectivity index is 2.55. The average Bonchev–Trinajstić information content (AvgIpc) is 2.47. The summed E-state index contributed by atoms with van der Waals surface area (Å²) in [6.07, 6.45) is 2.66. The molecule has 1 aromatic carbocycles. The van der Waals surface area contributed by atoms with Crippen LogP contribution in [0.1, 0.15) is 15.9 Å². The first-order chi connectivity index (χ1) is 10.0. The van der Waals surface area contributed by atoms with Gasteiger partial charge in [-0.3, -0.25) is 19.9 Å². The number of carbonyl (C=O) groups is 1. The average molecular weight is 294 g/mol. The third kappa shape index (κ3) is 3.16. The third-order valence-electron chi connectivity index (χ3n) is 2.57. The number of nitro groups is 1. The minimum atomic E-state index is -3.29. The zero-order valence-electron chi connectivity index (χ0n) is 10.4. The molecule has 0 fully saturated rings. The second kappa shape index (κ2) is 6.04. The first-order valence-electron chi connectivity index (χ1n) is 5.67. The minimum absolute atomic E-state index is 0.108. The van der Waals surface area contributed by atoms with Gasteiger partial charge in [0.05, 0.1) is 10.5 Å². The molecule has 1 aromatic heterocycles. The van der Waals surface area contributed by atoms with Crippen LogP contribution in [0.2, 0.25) is 0 Å². The van der Waals surface area contributed by atoms with Crippen molar-refractivity contribution in [3.8, 4) is 5.75 Å². The van der Waals surface area contributed by atoms with Gasteiger partial charge in [0.15, 0.2) is 5.78 Å². The van der Waals surface area contributed by atoms with E-state index >= 15 is 0 Å². The molecular weight excluding hydrogens is 286 g/mol. The summed E-state index contributed by atoms with van der Waals surface area (Å²) in [5.41, 5.74) is -0.917. The van der Waals surface area contributed by atoms with Crippen molar-refractivity contribution in [3.63, 3.8) is 0 Å². The normalized spacial score (nSPS) is 10.4. The molecule has 0 spiro atoms. The largest absolute Gasteiger partial charge is 0.427 e. The molecule has 0 aliphatic carbocycles. The zero-order valence-corrected chi connectivity index (χ0v) is 10.4. The number of hydrogen-bond donors (Lipinski definition) is 0. The fraction of sp³-hybridized carbons (Fsp3) is 0.0769. The molecular formula is C13H8F2N2O4. The van der Waals surface area contributed by atoms with E-state index in [-0.39, 0.29) is 11.1 Å². The molecule has 0 saturated carbocycles. The van der Waals surface area contributed by atoms with Crippen molar-refractivity contribution in [2.75, 3.05) is 0 Å². The highest BCUT2D eigenvalue weighted by atomic mass is 19.3. The molecule has 108 valence electrons. The van der Waals surface area contributed by atoms with E-state index in [2.05, 4.69) is 9.72 Å². The SMILES string of the molecule is O=C(c1cccnc1)c1cccc([N+](=O)[O-])c1OC(F)F. The van der Waals surface area contributed by atoms with Crippen LogP contribution in [0.25, 0.3) is 0 Å². The molecule has 2 rings (SSSR count). The number of carbonyl (C=O) groups excluding carboxylic acids is 1. The molecule has 21 heavy (non-hydrogen) atoms. The Morgan fingerprint density at radius 1 is 1.29 bits per heavy atom. The van der Waals surface area contributed by atoms with Gasteiger partial charge >= 0.3 is 12.3 Å². The van der Waals surface area contributed by atoms with Crippen LogP contribution in [0.5, 0.6) is 5.75 Å². The summed E-state index contributed by atoms with van der Waals surface area (Å²) in [4.78, 5) is 26.0. The summed E-state index contributed by atoms with van der Waals surface area (Å²) in [7, 11) is 0. The van der Waals surface area contributed by atoms with Gasteiger partial charge in [-0.2, -0.15) is 8.78 Å². The number of halogens is 2. The topological polar surface area (TPSA) is 82.3 Å². The number of pyridine rings is 1. The third-order valence-corrected chi connectivity index (χ3v) is 2.57. The molecule has 0 saturated heterocycles. The predicted octanol–water partition coefficient (Wildman–Crippen LogP) is 2.82. The summed E-state index contributed by atoms with van der Waals surface area (Å²) in [5.74, 6) is -1.45. The molecule has 0 aliphatic heterocycles. The van der Waals surface area contributed by atoms with Gasteiger partial charge in [0, 0.05) is 24.0 Å². The molecule has 0 atom stereocenters.